The summed E-state index contributed by atoms with van der Waals surface area (Å²) in [4.78, 5) is 0. The van der Waals surface area contributed by atoms with E-state index < -0.39 is 104 Å². The number of halogens is 2. The molecule has 0 aromatic rings. The predicted octanol–water partition coefficient (Wildman–Crippen LogP) is -4.12. The van der Waals surface area contributed by atoms with Crippen molar-refractivity contribution in [3.8, 4) is 0 Å². The van der Waals surface area contributed by atoms with Crippen LogP contribution in [0.1, 0.15) is 26.2 Å². The van der Waals surface area contributed by atoms with Crippen molar-refractivity contribution in [1.29, 1.82) is 5.41 Å². The minimum Gasteiger partial charge on any atom is -0.393 e. The first-order valence-electron chi connectivity index (χ1n) is 13.8. The van der Waals surface area contributed by atoms with E-state index in [9.17, 15) is 34.3 Å². The van der Waals surface area contributed by atoms with Gasteiger partial charge in [-0.3, -0.25) is 5.41 Å². The van der Waals surface area contributed by atoms with Crippen LogP contribution in [0.2, 0.25) is 0 Å². The Kier molecular flexibility index (Phi) is 12.6. The maximum absolute atomic E-state index is 12.5. The van der Waals surface area contributed by atoms with Crippen molar-refractivity contribution in [2.24, 2.45) is 11.5 Å². The number of aliphatic hydroxyl groups is 5. The van der Waals surface area contributed by atoms with Crippen molar-refractivity contribution in [2.45, 2.75) is 112 Å². The molecular formula is C24H46F2N6O9. The molecule has 0 radical (unpaired) electrons. The smallest absolute Gasteiger partial charge is 0.250 e. The Labute approximate surface area is 237 Å². The van der Waals surface area contributed by atoms with Gasteiger partial charge < -0.3 is 71.9 Å². The first kappa shape index (κ1) is 34.3. The predicted molar refractivity (Wildman–Crippen MR) is 140 cm³/mol. The molecule has 0 spiro atoms. The Morgan fingerprint density at radius 2 is 1.80 bits per heavy atom. The quantitative estimate of drug-likeness (QED) is 0.0752. The lowest BCUT2D eigenvalue weighted by atomic mass is 9.83. The topological polar surface area (TPSA) is 250 Å². The van der Waals surface area contributed by atoms with Crippen LogP contribution in [-0.4, -0.2) is 150 Å². The van der Waals surface area contributed by atoms with E-state index in [1.165, 1.54) is 6.92 Å². The average Bonchev–Trinajstić information content (AvgIpc) is 2.90. The Bertz CT molecular complexity index is 836. The van der Waals surface area contributed by atoms with Crippen LogP contribution in [0.5, 0.6) is 0 Å². The van der Waals surface area contributed by atoms with E-state index in [1.807, 2.05) is 0 Å². The minimum atomic E-state index is -2.51. The van der Waals surface area contributed by atoms with Crippen molar-refractivity contribution in [2.75, 3.05) is 33.4 Å². The van der Waals surface area contributed by atoms with E-state index >= 15 is 0 Å². The van der Waals surface area contributed by atoms with Gasteiger partial charge in [-0.2, -0.15) is 0 Å². The fourth-order valence-corrected chi connectivity index (χ4v) is 5.51. The lowest BCUT2D eigenvalue weighted by Crippen LogP contribution is -2.69. The van der Waals surface area contributed by atoms with Gasteiger partial charge >= 0.3 is 0 Å². The third-order valence-corrected chi connectivity index (χ3v) is 7.76. The normalized spacial score (nSPS) is 42.7. The van der Waals surface area contributed by atoms with Crippen LogP contribution in [0.3, 0.4) is 0 Å². The zero-order chi connectivity index (χ0) is 30.5. The maximum atomic E-state index is 12.5. The summed E-state index contributed by atoms with van der Waals surface area (Å²) in [5.41, 5.74) is 11.2. The van der Waals surface area contributed by atoms with Gasteiger partial charge in [-0.1, -0.05) is 0 Å². The third kappa shape index (κ3) is 8.69. The molecule has 41 heavy (non-hydrogen) atoms. The maximum Gasteiger partial charge on any atom is 0.250 e. The van der Waals surface area contributed by atoms with Crippen molar-refractivity contribution in [3.05, 3.63) is 0 Å². The number of ether oxygens (including phenoxy) is 4. The molecule has 17 heteroatoms. The monoisotopic (exact) mass is 600 g/mol. The number of amidine groups is 1. The van der Waals surface area contributed by atoms with Gasteiger partial charge in [0.05, 0.1) is 44.0 Å². The zero-order valence-corrected chi connectivity index (χ0v) is 23.2. The molecule has 13 atom stereocenters. The Balaban J connectivity index is 1.77. The molecule has 2 aliphatic heterocycles. The van der Waals surface area contributed by atoms with Crippen molar-refractivity contribution in [3.63, 3.8) is 0 Å². The second kappa shape index (κ2) is 15.0. The molecule has 2 saturated heterocycles. The summed E-state index contributed by atoms with van der Waals surface area (Å²) < 4.78 is 48.6. The van der Waals surface area contributed by atoms with Crippen LogP contribution in [-0.2, 0) is 18.9 Å². The van der Waals surface area contributed by atoms with E-state index in [4.69, 9.17) is 35.8 Å². The first-order valence-corrected chi connectivity index (χ1v) is 13.8. The molecule has 0 amide bonds. The highest BCUT2D eigenvalue weighted by Crippen LogP contribution is 2.32. The third-order valence-electron chi connectivity index (χ3n) is 7.76. The average molecular weight is 601 g/mol. The van der Waals surface area contributed by atoms with Crippen molar-refractivity contribution < 1.29 is 53.3 Å². The minimum absolute atomic E-state index is 0.0459. The summed E-state index contributed by atoms with van der Waals surface area (Å²) in [6, 6.07) is -3.18. The van der Waals surface area contributed by atoms with Crippen LogP contribution in [0.25, 0.3) is 0 Å². The summed E-state index contributed by atoms with van der Waals surface area (Å²) in [5, 5.41) is 68.3. The van der Waals surface area contributed by atoms with Crippen LogP contribution >= 0.6 is 0 Å². The van der Waals surface area contributed by atoms with Crippen molar-refractivity contribution in [1.82, 2.24) is 16.0 Å². The molecule has 2 heterocycles. The van der Waals surface area contributed by atoms with Gasteiger partial charge in [0, 0.05) is 12.6 Å². The Morgan fingerprint density at radius 3 is 2.44 bits per heavy atom. The molecular weight excluding hydrogens is 554 g/mol. The fourth-order valence-electron chi connectivity index (χ4n) is 5.51. The number of aliphatic hydroxyl groups excluding tert-OH is 4. The number of rotatable bonds is 12. The second-order valence-electron chi connectivity index (χ2n) is 11.2. The number of likely N-dealkylation sites (N-methyl/N-ethyl adjacent to an activating group) is 1. The molecule has 0 aromatic carbocycles. The summed E-state index contributed by atoms with van der Waals surface area (Å²) in [7, 11) is 1.55. The molecule has 1 aliphatic carbocycles. The highest BCUT2D eigenvalue weighted by molar-refractivity contribution is 5.83. The molecule has 3 fully saturated rings. The van der Waals surface area contributed by atoms with Gasteiger partial charge in [0.15, 0.2) is 12.6 Å². The fraction of sp³-hybridized carbons (Fsp3) is 0.958. The molecule has 7 unspecified atom stereocenters. The first-order chi connectivity index (χ1) is 19.3. The molecule has 240 valence electrons. The molecule has 0 bridgehead atoms. The van der Waals surface area contributed by atoms with Crippen LogP contribution in [0, 0.1) is 5.41 Å². The van der Waals surface area contributed by atoms with Gasteiger partial charge in [0.2, 0.25) is 0 Å². The van der Waals surface area contributed by atoms with E-state index in [1.54, 1.807) is 7.05 Å². The number of nitrogens with two attached hydrogens (primary N) is 2. The molecule has 3 aliphatic rings. The van der Waals surface area contributed by atoms with Crippen LogP contribution in [0.4, 0.5) is 8.78 Å². The lowest BCUT2D eigenvalue weighted by molar-refractivity contribution is -0.307. The van der Waals surface area contributed by atoms with E-state index in [0.717, 1.165) is 0 Å². The SMILES string of the molecule is CN[C@@H]1C(O)[C@@H](OC2C(O)C(O[C@H]3O[C@H](CNCC(F)F)CCC3N)[C@@H](N)C[C@H]2NC(=N)C(O)CO)OCC1(C)O. The standard InChI is InChI=1S/C24H46F2N6O9/c1-24(37)9-38-23(17(36)20(24)30-2)41-19-13(32-21(29)14(34)8-33)5-12(28)18(16(19)35)40-22-11(27)4-3-10(39-22)6-31-7-15(25)26/h10-20,22-23,30-31,33-37H,3-9,27-28H2,1-2H3,(H2,29,32)/t10-,11?,12-,13+,14?,16?,17?,18?,19?,20+,22+,23+,24?/m0/s1. The summed E-state index contributed by atoms with van der Waals surface area (Å²) in [6.45, 7) is 0.216. The van der Waals surface area contributed by atoms with Gasteiger partial charge in [-0.05, 0) is 33.2 Å². The summed E-state index contributed by atoms with van der Waals surface area (Å²) >= 11 is 0. The number of hydrogen-bond acceptors (Lipinski definition) is 14. The highest BCUT2D eigenvalue weighted by Gasteiger charge is 2.51. The van der Waals surface area contributed by atoms with Gasteiger partial charge in [0.1, 0.15) is 42.0 Å². The van der Waals surface area contributed by atoms with Crippen molar-refractivity contribution >= 4 is 5.84 Å². The number of hydrogen-bond donors (Lipinski definition) is 11. The largest absolute Gasteiger partial charge is 0.393 e. The van der Waals surface area contributed by atoms with Crippen LogP contribution < -0.4 is 27.4 Å². The van der Waals surface area contributed by atoms with Gasteiger partial charge in [-0.15, -0.1) is 0 Å². The van der Waals surface area contributed by atoms with Crippen LogP contribution in [0.15, 0.2) is 0 Å². The second-order valence-corrected chi connectivity index (χ2v) is 11.2. The molecule has 13 N–H and O–H groups in total. The Morgan fingerprint density at radius 1 is 1.12 bits per heavy atom. The lowest BCUT2D eigenvalue weighted by Gasteiger charge is -2.49. The summed E-state index contributed by atoms with van der Waals surface area (Å²) in [5.74, 6) is -0.442. The van der Waals surface area contributed by atoms with Gasteiger partial charge in [0.25, 0.3) is 6.43 Å². The highest BCUT2D eigenvalue weighted by atomic mass is 19.3. The van der Waals surface area contributed by atoms with E-state index in [2.05, 4.69) is 16.0 Å². The number of alkyl halides is 2. The molecule has 0 aromatic heterocycles. The van der Waals surface area contributed by atoms with E-state index in [0.29, 0.717) is 12.8 Å². The molecule has 3 rings (SSSR count). The molecule has 1 saturated carbocycles. The Hall–Kier alpha value is -1.19. The molecule has 15 nitrogen and oxygen atoms in total. The summed E-state index contributed by atoms with van der Waals surface area (Å²) in [6.07, 6.45) is -11.0. The van der Waals surface area contributed by atoms with Gasteiger partial charge in [-0.25, -0.2) is 8.78 Å². The van der Waals surface area contributed by atoms with E-state index in [-0.39, 0.29) is 19.6 Å². The number of nitrogens with one attached hydrogen (secondary N) is 4. The zero-order valence-electron chi connectivity index (χ0n) is 23.2.